The van der Waals surface area contributed by atoms with Gasteiger partial charge in [-0.2, -0.15) is 0 Å². The lowest BCUT2D eigenvalue weighted by Gasteiger charge is -2.15. The maximum Gasteiger partial charge on any atom is 0.171 e. The van der Waals surface area contributed by atoms with Crippen molar-refractivity contribution < 1.29 is 9.13 Å². The minimum absolute atomic E-state index is 0.291. The van der Waals surface area contributed by atoms with Crippen molar-refractivity contribution in [2.24, 2.45) is 0 Å². The third kappa shape index (κ3) is 3.21. The zero-order chi connectivity index (χ0) is 14.7. The Morgan fingerprint density at radius 2 is 2.19 bits per heavy atom. The van der Waals surface area contributed by atoms with Crippen LogP contribution in [0.2, 0.25) is 0 Å². The summed E-state index contributed by atoms with van der Waals surface area (Å²) in [6.45, 7) is 1.86. The molecule has 0 aliphatic carbocycles. The van der Waals surface area contributed by atoms with Gasteiger partial charge < -0.3 is 14.6 Å². The number of ether oxygens (including phenoxy) is 1. The predicted octanol–water partition coefficient (Wildman–Crippen LogP) is 2.05. The molecule has 1 aliphatic rings. The number of hydrogen-bond acceptors (Lipinski definition) is 4. The minimum Gasteiger partial charge on any atom is -0.485 e. The summed E-state index contributed by atoms with van der Waals surface area (Å²) in [5.74, 6) is 2.06. The smallest absolute Gasteiger partial charge is 0.171 e. The molecule has 21 heavy (non-hydrogen) atoms. The Balaban J connectivity index is 1.71. The summed E-state index contributed by atoms with van der Waals surface area (Å²) < 4.78 is 21.4. The van der Waals surface area contributed by atoms with E-state index in [-0.39, 0.29) is 5.82 Å². The zero-order valence-corrected chi connectivity index (χ0v) is 12.1. The molecular weight excluding hydrogens is 271 g/mol. The van der Waals surface area contributed by atoms with E-state index >= 15 is 0 Å². The fraction of sp³-hybridized carbons (Fsp3) is 0.467. The van der Waals surface area contributed by atoms with Crippen LogP contribution in [0.4, 0.5) is 4.39 Å². The van der Waals surface area contributed by atoms with Crippen LogP contribution in [0.5, 0.6) is 5.75 Å². The van der Waals surface area contributed by atoms with E-state index in [0.29, 0.717) is 18.9 Å². The number of benzene rings is 1. The second-order valence-electron chi connectivity index (χ2n) is 5.26. The van der Waals surface area contributed by atoms with Crippen molar-refractivity contribution >= 4 is 0 Å². The van der Waals surface area contributed by atoms with Gasteiger partial charge in [0, 0.05) is 25.6 Å². The SMILES string of the molecule is CNCc1cc(F)cc(OCc2nnc3n2CCCC3)c1. The average Bonchev–Trinajstić information content (AvgIpc) is 2.88. The topological polar surface area (TPSA) is 52.0 Å². The lowest BCUT2D eigenvalue weighted by molar-refractivity contribution is 0.284. The predicted molar refractivity (Wildman–Crippen MR) is 76.5 cm³/mol. The zero-order valence-electron chi connectivity index (χ0n) is 12.1. The van der Waals surface area contributed by atoms with Gasteiger partial charge >= 0.3 is 0 Å². The van der Waals surface area contributed by atoms with Gasteiger partial charge in [-0.1, -0.05) is 0 Å². The molecule has 6 heteroatoms. The van der Waals surface area contributed by atoms with Gasteiger partial charge in [0.1, 0.15) is 24.0 Å². The lowest BCUT2D eigenvalue weighted by Crippen LogP contribution is -2.14. The molecule has 0 atom stereocenters. The molecule has 1 aromatic carbocycles. The van der Waals surface area contributed by atoms with Crippen molar-refractivity contribution in [2.45, 2.75) is 39.0 Å². The highest BCUT2D eigenvalue weighted by Crippen LogP contribution is 2.19. The molecule has 1 aromatic heterocycles. The Hall–Kier alpha value is -1.95. The fourth-order valence-corrected chi connectivity index (χ4v) is 2.63. The summed E-state index contributed by atoms with van der Waals surface area (Å²) in [6.07, 6.45) is 3.28. The number of hydrogen-bond donors (Lipinski definition) is 1. The highest BCUT2D eigenvalue weighted by atomic mass is 19.1. The van der Waals surface area contributed by atoms with E-state index in [2.05, 4.69) is 20.1 Å². The maximum atomic E-state index is 13.5. The van der Waals surface area contributed by atoms with Crippen molar-refractivity contribution in [3.8, 4) is 5.75 Å². The molecular formula is C15H19FN4O. The standard InChI is InChI=1S/C15H19FN4O/c1-17-9-11-6-12(16)8-13(7-11)21-10-15-19-18-14-4-2-3-5-20(14)15/h6-8,17H,2-5,9-10H2,1H3. The third-order valence-corrected chi connectivity index (χ3v) is 3.62. The number of halogens is 1. The van der Waals surface area contributed by atoms with Crippen LogP contribution in [0.3, 0.4) is 0 Å². The second-order valence-corrected chi connectivity index (χ2v) is 5.26. The summed E-state index contributed by atoms with van der Waals surface area (Å²) in [4.78, 5) is 0. The lowest BCUT2D eigenvalue weighted by atomic mass is 10.2. The molecule has 0 spiro atoms. The van der Waals surface area contributed by atoms with Gasteiger partial charge in [-0.25, -0.2) is 4.39 Å². The Bertz CT molecular complexity index is 626. The van der Waals surface area contributed by atoms with E-state index in [4.69, 9.17) is 4.74 Å². The van der Waals surface area contributed by atoms with Gasteiger partial charge in [-0.15, -0.1) is 10.2 Å². The van der Waals surface area contributed by atoms with Gasteiger partial charge in [0.05, 0.1) is 0 Å². The fourth-order valence-electron chi connectivity index (χ4n) is 2.63. The third-order valence-electron chi connectivity index (χ3n) is 3.62. The number of rotatable bonds is 5. The highest BCUT2D eigenvalue weighted by molar-refractivity contribution is 5.29. The van der Waals surface area contributed by atoms with E-state index in [1.165, 1.54) is 12.1 Å². The second kappa shape index (κ2) is 6.22. The van der Waals surface area contributed by atoms with Crippen molar-refractivity contribution in [1.82, 2.24) is 20.1 Å². The van der Waals surface area contributed by atoms with Crippen LogP contribution in [0, 0.1) is 5.82 Å². The summed E-state index contributed by atoms with van der Waals surface area (Å²) in [6, 6.07) is 4.74. The normalized spacial score (nSPS) is 14.0. The molecule has 112 valence electrons. The van der Waals surface area contributed by atoms with E-state index in [9.17, 15) is 4.39 Å². The molecule has 0 unspecified atom stereocenters. The summed E-state index contributed by atoms with van der Waals surface area (Å²) in [5, 5.41) is 11.4. The molecule has 1 N–H and O–H groups in total. The van der Waals surface area contributed by atoms with E-state index in [1.807, 2.05) is 13.1 Å². The van der Waals surface area contributed by atoms with Crippen LogP contribution < -0.4 is 10.1 Å². The van der Waals surface area contributed by atoms with Crippen molar-refractivity contribution in [3.05, 3.63) is 41.2 Å². The first-order valence-corrected chi connectivity index (χ1v) is 7.24. The van der Waals surface area contributed by atoms with Crippen LogP contribution >= 0.6 is 0 Å². The van der Waals surface area contributed by atoms with E-state index in [1.54, 1.807) is 0 Å². The number of nitrogens with one attached hydrogen (secondary N) is 1. The number of aryl methyl sites for hydroxylation is 1. The summed E-state index contributed by atoms with van der Waals surface area (Å²) in [5.41, 5.74) is 0.857. The monoisotopic (exact) mass is 290 g/mol. The van der Waals surface area contributed by atoms with Crippen LogP contribution in [0.15, 0.2) is 18.2 Å². The molecule has 3 rings (SSSR count). The molecule has 0 fully saturated rings. The first kappa shape index (κ1) is 14.0. The van der Waals surface area contributed by atoms with Gasteiger partial charge in [-0.3, -0.25) is 0 Å². The van der Waals surface area contributed by atoms with Gasteiger partial charge in [0.15, 0.2) is 5.82 Å². The molecule has 5 nitrogen and oxygen atoms in total. The van der Waals surface area contributed by atoms with Gasteiger partial charge in [-0.05, 0) is 37.6 Å². The number of fused-ring (bicyclic) bond motifs is 1. The average molecular weight is 290 g/mol. The van der Waals surface area contributed by atoms with Crippen LogP contribution in [0.1, 0.15) is 30.1 Å². The number of aromatic nitrogens is 3. The van der Waals surface area contributed by atoms with Crippen LogP contribution in [0.25, 0.3) is 0 Å². The molecule has 0 saturated carbocycles. The summed E-state index contributed by atoms with van der Waals surface area (Å²) in [7, 11) is 1.83. The van der Waals surface area contributed by atoms with Crippen molar-refractivity contribution in [3.63, 3.8) is 0 Å². The first-order valence-electron chi connectivity index (χ1n) is 7.24. The Labute approximate surface area is 123 Å². The molecule has 2 aromatic rings. The number of nitrogens with zero attached hydrogens (tertiary/aromatic N) is 3. The van der Waals surface area contributed by atoms with E-state index < -0.39 is 0 Å². The van der Waals surface area contributed by atoms with E-state index in [0.717, 1.165) is 43.0 Å². The van der Waals surface area contributed by atoms with Crippen molar-refractivity contribution in [2.75, 3.05) is 7.05 Å². The minimum atomic E-state index is -0.291. The highest BCUT2D eigenvalue weighted by Gasteiger charge is 2.16. The molecule has 0 bridgehead atoms. The molecule has 0 saturated heterocycles. The van der Waals surface area contributed by atoms with Gasteiger partial charge in [0.25, 0.3) is 0 Å². The molecule has 0 amide bonds. The Morgan fingerprint density at radius 3 is 3.05 bits per heavy atom. The van der Waals surface area contributed by atoms with Crippen molar-refractivity contribution in [1.29, 1.82) is 0 Å². The van der Waals surface area contributed by atoms with Crippen LogP contribution in [-0.4, -0.2) is 21.8 Å². The molecule has 0 radical (unpaired) electrons. The molecule has 1 aliphatic heterocycles. The maximum absolute atomic E-state index is 13.5. The van der Waals surface area contributed by atoms with Crippen LogP contribution in [-0.2, 0) is 26.1 Å². The quantitative estimate of drug-likeness (QED) is 0.915. The Morgan fingerprint density at radius 1 is 1.29 bits per heavy atom. The van der Waals surface area contributed by atoms with Gasteiger partial charge in [0.2, 0.25) is 0 Å². The first-order chi connectivity index (χ1) is 10.3. The largest absolute Gasteiger partial charge is 0.485 e. The summed E-state index contributed by atoms with van der Waals surface area (Å²) >= 11 is 0. The Kier molecular flexibility index (Phi) is 4.15. The molecule has 2 heterocycles.